The monoisotopic (exact) mass is 340 g/mol. The molecule has 0 aliphatic heterocycles. The van der Waals surface area contributed by atoms with Gasteiger partial charge >= 0.3 is 5.97 Å². The van der Waals surface area contributed by atoms with E-state index in [1.54, 1.807) is 0 Å². The average Bonchev–Trinajstić information content (AvgIpc) is 2.64. The van der Waals surface area contributed by atoms with Crippen molar-refractivity contribution in [3.63, 3.8) is 0 Å². The van der Waals surface area contributed by atoms with Crippen LogP contribution in [0.3, 0.4) is 0 Å². The fraction of sp³-hybridized carbons (Fsp3) is 0.522. The second-order valence-corrected chi connectivity index (χ2v) is 7.21. The first-order valence-corrected chi connectivity index (χ1v) is 9.80. The molecule has 1 aromatic carbocycles. The van der Waals surface area contributed by atoms with Crippen molar-refractivity contribution in [2.45, 2.75) is 65.2 Å². The van der Waals surface area contributed by atoms with Gasteiger partial charge in [0.05, 0.1) is 5.41 Å². The van der Waals surface area contributed by atoms with Gasteiger partial charge in [-0.3, -0.25) is 4.79 Å². The number of aryl methyl sites for hydroxylation is 2. The summed E-state index contributed by atoms with van der Waals surface area (Å²) >= 11 is 0. The van der Waals surface area contributed by atoms with E-state index < -0.39 is 11.4 Å². The van der Waals surface area contributed by atoms with Crippen molar-refractivity contribution in [2.24, 2.45) is 11.3 Å². The molecule has 0 radical (unpaired) electrons. The van der Waals surface area contributed by atoms with Crippen LogP contribution >= 0.6 is 0 Å². The van der Waals surface area contributed by atoms with Crippen LogP contribution in [0.1, 0.15) is 63.5 Å². The summed E-state index contributed by atoms with van der Waals surface area (Å²) in [6.07, 6.45) is 16.0. The molecule has 0 bridgehead atoms. The molecule has 1 aromatic rings. The normalized spacial score (nSPS) is 22.2. The van der Waals surface area contributed by atoms with Crippen molar-refractivity contribution >= 4 is 5.97 Å². The zero-order valence-electron chi connectivity index (χ0n) is 15.7. The van der Waals surface area contributed by atoms with Gasteiger partial charge in [-0.15, -0.1) is 0 Å². The molecule has 2 atom stereocenters. The Morgan fingerprint density at radius 2 is 1.72 bits per heavy atom. The van der Waals surface area contributed by atoms with Crippen molar-refractivity contribution in [3.8, 4) is 0 Å². The zero-order valence-corrected chi connectivity index (χ0v) is 15.7. The summed E-state index contributed by atoms with van der Waals surface area (Å²) in [4.78, 5) is 12.1. The Hall–Kier alpha value is -1.83. The molecule has 1 N–H and O–H groups in total. The summed E-state index contributed by atoms with van der Waals surface area (Å²) in [6.45, 7) is 4.34. The number of allylic oxidation sites excluding steroid dienone is 3. The Labute approximate surface area is 152 Å². The first kappa shape index (κ1) is 19.5. The lowest BCUT2D eigenvalue weighted by Gasteiger charge is -2.35. The number of benzene rings is 1. The van der Waals surface area contributed by atoms with Crippen LogP contribution < -0.4 is 0 Å². The number of hydrogen-bond acceptors (Lipinski definition) is 1. The van der Waals surface area contributed by atoms with Gasteiger partial charge in [-0.05, 0) is 49.1 Å². The van der Waals surface area contributed by atoms with Crippen LogP contribution in [0.25, 0.3) is 0 Å². The summed E-state index contributed by atoms with van der Waals surface area (Å²) in [5.41, 5.74) is 2.08. The van der Waals surface area contributed by atoms with Crippen LogP contribution in [0.15, 0.2) is 48.6 Å². The number of carboxylic acid groups (broad SMARTS) is 1. The van der Waals surface area contributed by atoms with E-state index >= 15 is 0 Å². The van der Waals surface area contributed by atoms with Crippen molar-refractivity contribution in [3.05, 3.63) is 59.7 Å². The number of rotatable bonds is 10. The van der Waals surface area contributed by atoms with Crippen LogP contribution in [-0.2, 0) is 17.6 Å². The van der Waals surface area contributed by atoms with Crippen molar-refractivity contribution in [2.75, 3.05) is 0 Å². The molecule has 2 nitrogen and oxygen atoms in total. The lowest BCUT2D eigenvalue weighted by molar-refractivity contribution is -0.148. The predicted octanol–water partition coefficient (Wildman–Crippen LogP) is 5.97. The number of unbranched alkanes of at least 4 members (excludes halogenated alkanes) is 2. The minimum absolute atomic E-state index is 0.0702. The van der Waals surface area contributed by atoms with Crippen LogP contribution in [0.4, 0.5) is 0 Å². The van der Waals surface area contributed by atoms with Gasteiger partial charge in [0.1, 0.15) is 0 Å². The molecule has 0 aromatic heterocycles. The molecule has 0 amide bonds. The third kappa shape index (κ3) is 4.84. The molecule has 1 aliphatic rings. The Bertz CT molecular complexity index is 614. The van der Waals surface area contributed by atoms with Crippen LogP contribution in [0.2, 0.25) is 0 Å². The largest absolute Gasteiger partial charge is 0.481 e. The lowest BCUT2D eigenvalue weighted by Crippen LogP contribution is -2.37. The molecule has 0 spiro atoms. The van der Waals surface area contributed by atoms with Gasteiger partial charge in [-0.25, -0.2) is 0 Å². The molecular weight excluding hydrogens is 308 g/mol. The molecule has 0 fully saturated rings. The second-order valence-electron chi connectivity index (χ2n) is 7.21. The maximum atomic E-state index is 12.1. The fourth-order valence-corrected chi connectivity index (χ4v) is 3.87. The minimum Gasteiger partial charge on any atom is -0.481 e. The van der Waals surface area contributed by atoms with Gasteiger partial charge in [-0.2, -0.15) is 0 Å². The molecule has 0 saturated heterocycles. The fourth-order valence-electron chi connectivity index (χ4n) is 3.87. The van der Waals surface area contributed by atoms with Gasteiger partial charge < -0.3 is 5.11 Å². The molecule has 1 aliphatic carbocycles. The van der Waals surface area contributed by atoms with Crippen molar-refractivity contribution < 1.29 is 9.90 Å². The third-order valence-corrected chi connectivity index (χ3v) is 5.49. The van der Waals surface area contributed by atoms with Crippen molar-refractivity contribution in [1.82, 2.24) is 0 Å². The van der Waals surface area contributed by atoms with E-state index in [0.29, 0.717) is 0 Å². The third-order valence-electron chi connectivity index (χ3n) is 5.49. The second kappa shape index (κ2) is 9.60. The van der Waals surface area contributed by atoms with E-state index in [-0.39, 0.29) is 5.92 Å². The Morgan fingerprint density at radius 1 is 1.04 bits per heavy atom. The number of carboxylic acids is 1. The predicted molar refractivity (Wildman–Crippen MR) is 105 cm³/mol. The Morgan fingerprint density at radius 3 is 2.36 bits per heavy atom. The Balaban J connectivity index is 2.13. The number of aliphatic carboxylic acids is 1. The lowest BCUT2D eigenvalue weighted by atomic mass is 9.67. The van der Waals surface area contributed by atoms with E-state index in [9.17, 15) is 9.90 Å². The van der Waals surface area contributed by atoms with E-state index in [2.05, 4.69) is 44.2 Å². The maximum Gasteiger partial charge on any atom is 0.314 e. The van der Waals surface area contributed by atoms with Crippen LogP contribution in [-0.4, -0.2) is 11.1 Å². The van der Waals surface area contributed by atoms with Gasteiger partial charge in [-0.1, -0.05) is 81.7 Å². The molecule has 2 heteroatoms. The van der Waals surface area contributed by atoms with E-state index in [4.69, 9.17) is 0 Å². The summed E-state index contributed by atoms with van der Waals surface area (Å²) in [5.74, 6) is -0.605. The topological polar surface area (TPSA) is 37.3 Å². The number of hydrogen-bond donors (Lipinski definition) is 1. The highest BCUT2D eigenvalue weighted by atomic mass is 16.4. The minimum atomic E-state index is -0.733. The highest BCUT2D eigenvalue weighted by molar-refractivity contribution is 5.78. The summed E-state index contributed by atoms with van der Waals surface area (Å²) in [6, 6.07) is 8.65. The van der Waals surface area contributed by atoms with Gasteiger partial charge in [0.2, 0.25) is 0 Å². The molecule has 2 rings (SSSR count). The molecule has 2 unspecified atom stereocenters. The van der Waals surface area contributed by atoms with Crippen molar-refractivity contribution in [1.29, 1.82) is 0 Å². The van der Waals surface area contributed by atoms with Crippen LogP contribution in [0.5, 0.6) is 0 Å². The number of carbonyl (C=O) groups is 1. The first-order valence-electron chi connectivity index (χ1n) is 9.80. The summed E-state index contributed by atoms with van der Waals surface area (Å²) in [7, 11) is 0. The molecular formula is C23H32O2. The van der Waals surface area contributed by atoms with Crippen LogP contribution in [0, 0.1) is 11.3 Å². The average molecular weight is 341 g/mol. The quantitative estimate of drug-likeness (QED) is 0.570. The standard InChI is InChI=1S/C23H32O2/c1-3-5-11-19-12-7-8-13-20(19)15-16-21-14-9-10-18-23(21,22(24)25)17-6-4-2/h7-10,12-14,18,21H,3-6,11,15-17H2,1-2H3,(H,24,25). The first-order chi connectivity index (χ1) is 12.1. The van der Waals surface area contributed by atoms with E-state index in [1.165, 1.54) is 24.0 Å². The zero-order chi connectivity index (χ0) is 18.1. The SMILES string of the molecule is CCCCc1ccccc1CCC1C=CC=CC1(CCCC)C(=O)O. The Kier molecular flexibility index (Phi) is 7.49. The smallest absolute Gasteiger partial charge is 0.314 e. The molecule has 0 heterocycles. The van der Waals surface area contributed by atoms with E-state index in [0.717, 1.165) is 38.5 Å². The molecule has 25 heavy (non-hydrogen) atoms. The summed E-state index contributed by atoms with van der Waals surface area (Å²) in [5, 5.41) is 9.97. The highest BCUT2D eigenvalue weighted by Gasteiger charge is 2.42. The molecule has 0 saturated carbocycles. The molecule has 136 valence electrons. The highest BCUT2D eigenvalue weighted by Crippen LogP contribution is 2.41. The van der Waals surface area contributed by atoms with E-state index in [1.807, 2.05) is 18.2 Å². The van der Waals surface area contributed by atoms with Gasteiger partial charge in [0.15, 0.2) is 0 Å². The maximum absolute atomic E-state index is 12.1. The van der Waals surface area contributed by atoms with Gasteiger partial charge in [0.25, 0.3) is 0 Å². The summed E-state index contributed by atoms with van der Waals surface area (Å²) < 4.78 is 0. The van der Waals surface area contributed by atoms with Gasteiger partial charge in [0, 0.05) is 0 Å².